The zero-order valence-electron chi connectivity index (χ0n) is 6.93. The van der Waals surface area contributed by atoms with Gasteiger partial charge in [0.2, 0.25) is 0 Å². The highest BCUT2D eigenvalue weighted by Gasteiger charge is 1.92. The van der Waals surface area contributed by atoms with Gasteiger partial charge in [0.1, 0.15) is 0 Å². The van der Waals surface area contributed by atoms with E-state index in [1.807, 2.05) is 6.08 Å². The average Bonchev–Trinajstić information content (AvgIpc) is 1.87. The van der Waals surface area contributed by atoms with Gasteiger partial charge in [-0.2, -0.15) is 0 Å². The predicted molar refractivity (Wildman–Crippen MR) is 46.5 cm³/mol. The molecule has 0 aromatic rings. The lowest BCUT2D eigenvalue weighted by Gasteiger charge is -2.01. The van der Waals surface area contributed by atoms with Crippen LogP contribution in [0.1, 0.15) is 26.7 Å². The fourth-order valence-corrected chi connectivity index (χ4v) is 0.618. The summed E-state index contributed by atoms with van der Waals surface area (Å²) >= 11 is 0. The molecule has 0 fully saturated rings. The van der Waals surface area contributed by atoms with E-state index in [2.05, 4.69) is 26.5 Å². The third-order valence-electron chi connectivity index (χ3n) is 1.57. The van der Waals surface area contributed by atoms with Crippen LogP contribution in [-0.4, -0.2) is 0 Å². The van der Waals surface area contributed by atoms with Crippen LogP contribution in [0.2, 0.25) is 0 Å². The van der Waals surface area contributed by atoms with Crippen LogP contribution in [0.4, 0.5) is 0 Å². The Hall–Kier alpha value is -0.720. The monoisotopic (exact) mass is 139 g/mol. The van der Waals surface area contributed by atoms with Crippen molar-refractivity contribution in [1.29, 1.82) is 0 Å². The van der Waals surface area contributed by atoms with Gasteiger partial charge in [-0.25, -0.2) is 0 Å². The highest BCUT2D eigenvalue weighted by molar-refractivity contribution is 5.09. The number of hydrogen-bond acceptors (Lipinski definition) is 1. The fourth-order valence-electron chi connectivity index (χ4n) is 0.618. The van der Waals surface area contributed by atoms with Crippen LogP contribution in [0.15, 0.2) is 24.4 Å². The van der Waals surface area contributed by atoms with Crippen molar-refractivity contribution in [2.75, 3.05) is 0 Å². The quantitative estimate of drug-likeness (QED) is 0.595. The van der Waals surface area contributed by atoms with Crippen LogP contribution in [0, 0.1) is 5.92 Å². The van der Waals surface area contributed by atoms with Gasteiger partial charge in [-0.1, -0.05) is 32.9 Å². The highest BCUT2D eigenvalue weighted by Crippen LogP contribution is 2.06. The molecule has 58 valence electrons. The summed E-state index contributed by atoms with van der Waals surface area (Å²) in [6.45, 7) is 7.98. The van der Waals surface area contributed by atoms with Gasteiger partial charge in [-0.05, 0) is 18.4 Å². The van der Waals surface area contributed by atoms with Crippen LogP contribution in [-0.2, 0) is 0 Å². The molecule has 2 N–H and O–H groups in total. The second kappa shape index (κ2) is 5.10. The zero-order valence-corrected chi connectivity index (χ0v) is 6.93. The van der Waals surface area contributed by atoms with Crippen molar-refractivity contribution in [2.24, 2.45) is 11.7 Å². The van der Waals surface area contributed by atoms with Crippen LogP contribution >= 0.6 is 0 Å². The van der Waals surface area contributed by atoms with Crippen LogP contribution in [0.25, 0.3) is 0 Å². The van der Waals surface area contributed by atoms with Crippen molar-refractivity contribution in [3.63, 3.8) is 0 Å². The Bertz CT molecular complexity index is 125. The molecule has 0 bridgehead atoms. The van der Waals surface area contributed by atoms with E-state index in [1.54, 1.807) is 0 Å². The second-order valence-electron chi connectivity index (χ2n) is 2.73. The molecular weight excluding hydrogens is 122 g/mol. The van der Waals surface area contributed by atoms with Gasteiger partial charge in [-0.15, -0.1) is 0 Å². The van der Waals surface area contributed by atoms with Crippen molar-refractivity contribution < 1.29 is 0 Å². The van der Waals surface area contributed by atoms with Gasteiger partial charge >= 0.3 is 0 Å². The summed E-state index contributed by atoms with van der Waals surface area (Å²) in [5.74, 6) is 0.760. The molecule has 1 nitrogen and oxygen atoms in total. The molecule has 0 amide bonds. The van der Waals surface area contributed by atoms with E-state index in [9.17, 15) is 0 Å². The summed E-state index contributed by atoms with van der Waals surface area (Å²) in [4.78, 5) is 0. The minimum atomic E-state index is 0.642. The summed E-state index contributed by atoms with van der Waals surface area (Å²) in [5, 5.41) is 0. The van der Waals surface area contributed by atoms with Gasteiger partial charge in [0, 0.05) is 5.70 Å². The highest BCUT2D eigenvalue weighted by atomic mass is 14.5. The topological polar surface area (TPSA) is 26.0 Å². The van der Waals surface area contributed by atoms with Gasteiger partial charge in [-0.3, -0.25) is 0 Å². The number of rotatable bonds is 4. The van der Waals surface area contributed by atoms with E-state index in [-0.39, 0.29) is 0 Å². The van der Waals surface area contributed by atoms with E-state index in [0.717, 1.165) is 12.3 Å². The Morgan fingerprint density at radius 1 is 1.70 bits per heavy atom. The molecule has 0 saturated carbocycles. The molecule has 0 heterocycles. The molecular formula is C9H17N. The van der Waals surface area contributed by atoms with Crippen molar-refractivity contribution in [3.05, 3.63) is 24.4 Å². The first-order valence-electron chi connectivity index (χ1n) is 3.77. The summed E-state index contributed by atoms with van der Waals surface area (Å²) in [7, 11) is 0. The number of allylic oxidation sites excluding steroid dienone is 2. The molecule has 0 aliphatic rings. The maximum atomic E-state index is 5.34. The number of nitrogens with two attached hydrogens (primary N) is 1. The molecule has 0 aliphatic carbocycles. The van der Waals surface area contributed by atoms with Crippen molar-refractivity contribution in [3.8, 4) is 0 Å². The lowest BCUT2D eigenvalue weighted by Crippen LogP contribution is -1.91. The minimum absolute atomic E-state index is 0.642. The van der Waals surface area contributed by atoms with Crippen molar-refractivity contribution in [2.45, 2.75) is 26.7 Å². The largest absolute Gasteiger partial charge is 0.399 e. The summed E-state index contributed by atoms with van der Waals surface area (Å²) in [6.07, 6.45) is 6.27. The molecule has 0 aromatic carbocycles. The molecule has 0 saturated heterocycles. The van der Waals surface area contributed by atoms with Crippen molar-refractivity contribution in [1.82, 2.24) is 0 Å². The molecule has 1 heteroatoms. The summed E-state index contributed by atoms with van der Waals surface area (Å²) < 4.78 is 0. The Morgan fingerprint density at radius 2 is 2.30 bits per heavy atom. The summed E-state index contributed by atoms with van der Waals surface area (Å²) in [6, 6.07) is 0. The van der Waals surface area contributed by atoms with Crippen molar-refractivity contribution >= 4 is 0 Å². The second-order valence-corrected chi connectivity index (χ2v) is 2.73. The Morgan fingerprint density at radius 3 is 2.70 bits per heavy atom. The third kappa shape index (κ3) is 5.42. The standard InChI is InChI=1S/C9H17N/c1-4-8(2)6-5-7-9(3)10/h5,7-8H,3-4,6,10H2,1-2H3/b7-5-. The Kier molecular flexibility index (Phi) is 4.73. The number of hydrogen-bond donors (Lipinski definition) is 1. The van der Waals surface area contributed by atoms with E-state index >= 15 is 0 Å². The molecule has 1 atom stereocenters. The Balaban J connectivity index is 3.43. The van der Waals surface area contributed by atoms with Gasteiger partial charge in [0.25, 0.3) is 0 Å². The fraction of sp³-hybridized carbons (Fsp3) is 0.556. The molecule has 0 aliphatic heterocycles. The maximum Gasteiger partial charge on any atom is 0.0237 e. The maximum absolute atomic E-state index is 5.34. The SMILES string of the molecule is C=C(N)/C=C\CC(C)CC. The first kappa shape index (κ1) is 9.28. The molecule has 1 unspecified atom stereocenters. The van der Waals surface area contributed by atoms with E-state index < -0.39 is 0 Å². The first-order valence-corrected chi connectivity index (χ1v) is 3.77. The van der Waals surface area contributed by atoms with Crippen LogP contribution in [0.5, 0.6) is 0 Å². The minimum Gasteiger partial charge on any atom is -0.399 e. The molecule has 0 rings (SSSR count). The van der Waals surface area contributed by atoms with Gasteiger partial charge in [0.05, 0.1) is 0 Å². The van der Waals surface area contributed by atoms with Crippen LogP contribution in [0.3, 0.4) is 0 Å². The lowest BCUT2D eigenvalue weighted by molar-refractivity contribution is 0.572. The van der Waals surface area contributed by atoms with Gasteiger partial charge in [0.15, 0.2) is 0 Å². The predicted octanol–water partition coefficient (Wildman–Crippen LogP) is 2.45. The zero-order chi connectivity index (χ0) is 7.98. The molecule has 0 radical (unpaired) electrons. The molecule has 0 aromatic heterocycles. The third-order valence-corrected chi connectivity index (χ3v) is 1.57. The molecule has 10 heavy (non-hydrogen) atoms. The molecule has 0 spiro atoms. The first-order chi connectivity index (χ1) is 4.66. The normalized spacial score (nSPS) is 13.8. The smallest absolute Gasteiger partial charge is 0.0237 e. The van der Waals surface area contributed by atoms with E-state index in [0.29, 0.717) is 5.70 Å². The van der Waals surface area contributed by atoms with E-state index in [1.165, 1.54) is 6.42 Å². The lowest BCUT2D eigenvalue weighted by atomic mass is 10.1. The Labute approximate surface area is 63.6 Å². The van der Waals surface area contributed by atoms with Crippen LogP contribution < -0.4 is 5.73 Å². The summed E-state index contributed by atoms with van der Waals surface area (Å²) in [5.41, 5.74) is 5.98. The van der Waals surface area contributed by atoms with Gasteiger partial charge < -0.3 is 5.73 Å². The van der Waals surface area contributed by atoms with E-state index in [4.69, 9.17) is 5.73 Å². The average molecular weight is 139 g/mol.